The molecule has 1 aliphatic rings. The Balaban J connectivity index is 0.00000162. The number of carbonyl (C=O) groups is 1. The standard InChI is InChI=1S/C13H18N2O2.ClH/c14-11-5-3-10(4-6-11)7-8-15-13(16)12-2-1-9-17-12;/h3-6,12H,1-2,7-9,14H2,(H,15,16);1H. The summed E-state index contributed by atoms with van der Waals surface area (Å²) < 4.78 is 5.30. The Bertz CT molecular complexity index is 375. The molecule has 1 aliphatic heterocycles. The Morgan fingerprint density at radius 3 is 2.72 bits per heavy atom. The number of ether oxygens (including phenoxy) is 1. The van der Waals surface area contributed by atoms with Gasteiger partial charge in [-0.15, -0.1) is 12.4 Å². The highest BCUT2D eigenvalue weighted by Crippen LogP contribution is 2.11. The Kier molecular flexibility index (Phi) is 5.95. The van der Waals surface area contributed by atoms with Crippen LogP contribution in [0.1, 0.15) is 18.4 Å². The van der Waals surface area contributed by atoms with Gasteiger partial charge in [0.15, 0.2) is 0 Å². The van der Waals surface area contributed by atoms with Crippen molar-refractivity contribution in [1.82, 2.24) is 5.32 Å². The third-order valence-corrected chi connectivity index (χ3v) is 2.91. The van der Waals surface area contributed by atoms with Crippen molar-refractivity contribution >= 4 is 24.0 Å². The number of halogens is 1. The van der Waals surface area contributed by atoms with Crippen molar-refractivity contribution in [3.63, 3.8) is 0 Å². The van der Waals surface area contributed by atoms with Crippen LogP contribution in [0.3, 0.4) is 0 Å². The van der Waals surface area contributed by atoms with Gasteiger partial charge in [0, 0.05) is 18.8 Å². The van der Waals surface area contributed by atoms with E-state index in [9.17, 15) is 4.79 Å². The third-order valence-electron chi connectivity index (χ3n) is 2.91. The third kappa shape index (κ3) is 4.20. The molecule has 2 rings (SSSR count). The van der Waals surface area contributed by atoms with Gasteiger partial charge in [-0.3, -0.25) is 4.79 Å². The molecule has 1 heterocycles. The summed E-state index contributed by atoms with van der Waals surface area (Å²) in [4.78, 5) is 11.6. The van der Waals surface area contributed by atoms with Crippen LogP contribution in [0.15, 0.2) is 24.3 Å². The number of anilines is 1. The normalized spacial score (nSPS) is 18.1. The number of nitrogens with one attached hydrogen (secondary N) is 1. The molecule has 0 aliphatic carbocycles. The van der Waals surface area contributed by atoms with E-state index in [2.05, 4.69) is 5.32 Å². The minimum absolute atomic E-state index is 0. The Hall–Kier alpha value is -1.26. The average Bonchev–Trinajstić information content (AvgIpc) is 2.85. The number of hydrogen-bond acceptors (Lipinski definition) is 3. The number of carbonyl (C=O) groups excluding carboxylic acids is 1. The van der Waals surface area contributed by atoms with E-state index in [1.165, 1.54) is 5.56 Å². The van der Waals surface area contributed by atoms with E-state index in [4.69, 9.17) is 10.5 Å². The van der Waals surface area contributed by atoms with E-state index < -0.39 is 0 Å². The molecule has 3 N–H and O–H groups in total. The van der Waals surface area contributed by atoms with Crippen LogP contribution in [0, 0.1) is 0 Å². The molecule has 18 heavy (non-hydrogen) atoms. The Morgan fingerprint density at radius 1 is 1.39 bits per heavy atom. The predicted octanol–water partition coefficient (Wildman–Crippen LogP) is 1.53. The highest BCUT2D eigenvalue weighted by Gasteiger charge is 2.22. The molecular formula is C13H19ClN2O2. The van der Waals surface area contributed by atoms with Crippen molar-refractivity contribution in [1.29, 1.82) is 0 Å². The van der Waals surface area contributed by atoms with Gasteiger partial charge in [0.1, 0.15) is 6.10 Å². The van der Waals surface area contributed by atoms with Crippen LogP contribution < -0.4 is 11.1 Å². The van der Waals surface area contributed by atoms with Gasteiger partial charge in [-0.1, -0.05) is 12.1 Å². The zero-order chi connectivity index (χ0) is 12.1. The lowest BCUT2D eigenvalue weighted by molar-refractivity contribution is -0.129. The largest absolute Gasteiger partial charge is 0.399 e. The van der Waals surface area contributed by atoms with E-state index in [0.717, 1.165) is 24.9 Å². The first kappa shape index (κ1) is 14.8. The molecular weight excluding hydrogens is 252 g/mol. The highest BCUT2D eigenvalue weighted by molar-refractivity contribution is 5.85. The maximum Gasteiger partial charge on any atom is 0.249 e. The predicted molar refractivity (Wildman–Crippen MR) is 73.8 cm³/mol. The second-order valence-electron chi connectivity index (χ2n) is 4.28. The van der Waals surface area contributed by atoms with Gasteiger partial charge in [0.05, 0.1) is 0 Å². The second kappa shape index (κ2) is 7.24. The van der Waals surface area contributed by atoms with Gasteiger partial charge in [-0.2, -0.15) is 0 Å². The van der Waals surface area contributed by atoms with Gasteiger partial charge >= 0.3 is 0 Å². The Morgan fingerprint density at radius 2 is 2.11 bits per heavy atom. The van der Waals surface area contributed by atoms with E-state index in [0.29, 0.717) is 13.2 Å². The summed E-state index contributed by atoms with van der Waals surface area (Å²) in [5.41, 5.74) is 7.53. The molecule has 0 saturated carbocycles. The second-order valence-corrected chi connectivity index (χ2v) is 4.28. The lowest BCUT2D eigenvalue weighted by Crippen LogP contribution is -2.35. The molecule has 1 atom stereocenters. The molecule has 1 aromatic rings. The number of benzene rings is 1. The van der Waals surface area contributed by atoms with Crippen LogP contribution in [-0.2, 0) is 16.0 Å². The van der Waals surface area contributed by atoms with Crippen LogP contribution in [0.5, 0.6) is 0 Å². The van der Waals surface area contributed by atoms with Gasteiger partial charge in [-0.25, -0.2) is 0 Å². The smallest absolute Gasteiger partial charge is 0.249 e. The molecule has 0 radical (unpaired) electrons. The first-order chi connectivity index (χ1) is 8.25. The van der Waals surface area contributed by atoms with Gasteiger partial charge in [-0.05, 0) is 37.0 Å². The van der Waals surface area contributed by atoms with Gasteiger partial charge in [0.25, 0.3) is 0 Å². The number of rotatable bonds is 4. The zero-order valence-electron chi connectivity index (χ0n) is 10.2. The first-order valence-electron chi connectivity index (χ1n) is 5.99. The van der Waals surface area contributed by atoms with E-state index >= 15 is 0 Å². The molecule has 4 nitrogen and oxygen atoms in total. The molecule has 1 amide bonds. The molecule has 1 fully saturated rings. The minimum atomic E-state index is -0.235. The molecule has 1 saturated heterocycles. The SMILES string of the molecule is Cl.Nc1ccc(CCNC(=O)C2CCCO2)cc1. The fourth-order valence-corrected chi connectivity index (χ4v) is 1.91. The van der Waals surface area contributed by atoms with Crippen LogP contribution in [0.4, 0.5) is 5.69 Å². The topological polar surface area (TPSA) is 64.3 Å². The first-order valence-corrected chi connectivity index (χ1v) is 5.99. The molecule has 0 aromatic heterocycles. The summed E-state index contributed by atoms with van der Waals surface area (Å²) in [5, 5.41) is 2.89. The number of hydrogen-bond donors (Lipinski definition) is 2. The Labute approximate surface area is 113 Å². The maximum absolute atomic E-state index is 11.6. The van der Waals surface area contributed by atoms with E-state index in [-0.39, 0.29) is 24.4 Å². The van der Waals surface area contributed by atoms with Crippen LogP contribution in [0.2, 0.25) is 0 Å². The van der Waals surface area contributed by atoms with Crippen LogP contribution in [0.25, 0.3) is 0 Å². The van der Waals surface area contributed by atoms with Crippen molar-refractivity contribution in [2.75, 3.05) is 18.9 Å². The zero-order valence-corrected chi connectivity index (χ0v) is 11.0. The lowest BCUT2D eigenvalue weighted by Gasteiger charge is -2.10. The van der Waals surface area contributed by atoms with Crippen LogP contribution >= 0.6 is 12.4 Å². The summed E-state index contributed by atoms with van der Waals surface area (Å²) in [6.07, 6.45) is 2.41. The molecule has 0 spiro atoms. The maximum atomic E-state index is 11.6. The fourth-order valence-electron chi connectivity index (χ4n) is 1.91. The summed E-state index contributed by atoms with van der Waals surface area (Å²) in [6, 6.07) is 7.70. The van der Waals surface area contributed by atoms with Crippen molar-refractivity contribution in [3.8, 4) is 0 Å². The molecule has 5 heteroatoms. The van der Waals surface area contributed by atoms with E-state index in [1.54, 1.807) is 0 Å². The van der Waals surface area contributed by atoms with Gasteiger partial charge in [0.2, 0.25) is 5.91 Å². The molecule has 0 bridgehead atoms. The summed E-state index contributed by atoms with van der Waals surface area (Å²) in [5.74, 6) is 0.0120. The fraction of sp³-hybridized carbons (Fsp3) is 0.462. The van der Waals surface area contributed by atoms with Crippen molar-refractivity contribution in [2.24, 2.45) is 0 Å². The summed E-state index contributed by atoms with van der Waals surface area (Å²) in [6.45, 7) is 1.35. The highest BCUT2D eigenvalue weighted by atomic mass is 35.5. The number of nitrogens with two attached hydrogens (primary N) is 1. The number of amides is 1. The lowest BCUT2D eigenvalue weighted by atomic mass is 10.1. The molecule has 1 aromatic carbocycles. The van der Waals surface area contributed by atoms with Crippen molar-refractivity contribution in [3.05, 3.63) is 29.8 Å². The van der Waals surface area contributed by atoms with Crippen molar-refractivity contribution in [2.45, 2.75) is 25.4 Å². The number of nitrogen functional groups attached to an aromatic ring is 1. The van der Waals surface area contributed by atoms with Gasteiger partial charge < -0.3 is 15.8 Å². The summed E-state index contributed by atoms with van der Waals surface area (Å²) >= 11 is 0. The van der Waals surface area contributed by atoms with Crippen molar-refractivity contribution < 1.29 is 9.53 Å². The quantitative estimate of drug-likeness (QED) is 0.816. The van der Waals surface area contributed by atoms with Crippen LogP contribution in [-0.4, -0.2) is 25.2 Å². The molecule has 1 unspecified atom stereocenters. The van der Waals surface area contributed by atoms with E-state index in [1.807, 2.05) is 24.3 Å². The summed E-state index contributed by atoms with van der Waals surface area (Å²) in [7, 11) is 0. The molecule has 100 valence electrons. The minimum Gasteiger partial charge on any atom is -0.399 e. The monoisotopic (exact) mass is 270 g/mol. The average molecular weight is 271 g/mol.